The molecule has 3 heterocycles. The topological polar surface area (TPSA) is 79.5 Å². The van der Waals surface area contributed by atoms with Gasteiger partial charge in [0.1, 0.15) is 0 Å². The lowest BCUT2D eigenvalue weighted by Gasteiger charge is -2.34. The predicted octanol–water partition coefficient (Wildman–Crippen LogP) is 3.02. The maximum atomic E-state index is 12.6. The van der Waals surface area contributed by atoms with Gasteiger partial charge in [0.25, 0.3) is 5.91 Å². The largest absolute Gasteiger partial charge is 0.421 e. The third-order valence-electron chi connectivity index (χ3n) is 5.01. The van der Waals surface area contributed by atoms with Crippen LogP contribution in [-0.2, 0) is 11.2 Å². The number of carbonyl (C=O) groups excluding carboxylic acids is 2. The molecule has 1 aromatic carbocycles. The van der Waals surface area contributed by atoms with Crippen molar-refractivity contribution in [1.82, 2.24) is 20.0 Å². The van der Waals surface area contributed by atoms with Gasteiger partial charge in [-0.2, -0.15) is 11.3 Å². The van der Waals surface area contributed by atoms with Gasteiger partial charge >= 0.3 is 0 Å². The van der Waals surface area contributed by atoms with Crippen molar-refractivity contribution in [3.8, 4) is 11.5 Å². The van der Waals surface area contributed by atoms with Crippen LogP contribution in [0.5, 0.6) is 0 Å². The monoisotopic (exact) mass is 410 g/mol. The van der Waals surface area contributed by atoms with Crippen LogP contribution in [0, 0.1) is 6.92 Å². The van der Waals surface area contributed by atoms with Crippen LogP contribution in [0.15, 0.2) is 45.5 Å². The Labute approximate surface area is 173 Å². The summed E-state index contributed by atoms with van der Waals surface area (Å²) < 4.78 is 5.63. The van der Waals surface area contributed by atoms with Crippen LogP contribution >= 0.6 is 11.3 Å². The molecule has 1 aliphatic heterocycles. The van der Waals surface area contributed by atoms with E-state index in [1.54, 1.807) is 21.1 Å². The number of aryl methyl sites for hydroxylation is 2. The molecule has 0 saturated carbocycles. The van der Waals surface area contributed by atoms with E-state index in [1.807, 2.05) is 48.0 Å². The molecule has 4 rings (SSSR count). The quantitative estimate of drug-likeness (QED) is 0.646. The van der Waals surface area contributed by atoms with Crippen molar-refractivity contribution in [2.75, 3.05) is 26.2 Å². The number of amides is 2. The van der Waals surface area contributed by atoms with Gasteiger partial charge in [-0.25, -0.2) is 0 Å². The minimum Gasteiger partial charge on any atom is -0.421 e. The summed E-state index contributed by atoms with van der Waals surface area (Å²) in [5.41, 5.74) is 2.71. The van der Waals surface area contributed by atoms with Crippen molar-refractivity contribution in [2.45, 2.75) is 19.8 Å². The molecule has 0 radical (unpaired) electrons. The molecule has 29 heavy (non-hydrogen) atoms. The fourth-order valence-electron chi connectivity index (χ4n) is 3.27. The Kier molecular flexibility index (Phi) is 5.71. The maximum absolute atomic E-state index is 12.6. The van der Waals surface area contributed by atoms with E-state index in [0.717, 1.165) is 11.1 Å². The molecule has 7 nitrogen and oxygen atoms in total. The molecular formula is C21H22N4O3S. The number of carbonyl (C=O) groups is 2. The van der Waals surface area contributed by atoms with Crippen LogP contribution in [0.3, 0.4) is 0 Å². The van der Waals surface area contributed by atoms with Gasteiger partial charge in [0.2, 0.25) is 17.7 Å². The highest BCUT2D eigenvalue weighted by atomic mass is 32.1. The van der Waals surface area contributed by atoms with Gasteiger partial charge in [0.15, 0.2) is 0 Å². The number of piperazine rings is 1. The number of benzene rings is 1. The van der Waals surface area contributed by atoms with Crippen molar-refractivity contribution < 1.29 is 14.0 Å². The normalized spacial score (nSPS) is 14.2. The van der Waals surface area contributed by atoms with Crippen molar-refractivity contribution in [3.63, 3.8) is 0 Å². The van der Waals surface area contributed by atoms with Crippen molar-refractivity contribution in [1.29, 1.82) is 0 Å². The van der Waals surface area contributed by atoms with Gasteiger partial charge in [0, 0.05) is 55.5 Å². The van der Waals surface area contributed by atoms with Crippen molar-refractivity contribution in [3.05, 3.63) is 58.1 Å². The molecule has 8 heteroatoms. The van der Waals surface area contributed by atoms with E-state index in [2.05, 4.69) is 10.2 Å². The van der Waals surface area contributed by atoms with Crippen LogP contribution in [0.1, 0.15) is 28.2 Å². The number of aromatic nitrogens is 2. The second-order valence-corrected chi connectivity index (χ2v) is 7.83. The summed E-state index contributed by atoms with van der Waals surface area (Å²) in [6.07, 6.45) is 0.732. The second kappa shape index (κ2) is 8.57. The van der Waals surface area contributed by atoms with E-state index < -0.39 is 0 Å². The molecule has 0 aliphatic carbocycles. The molecule has 0 bridgehead atoms. The fourth-order valence-corrected chi connectivity index (χ4v) is 3.90. The van der Waals surface area contributed by atoms with E-state index in [9.17, 15) is 9.59 Å². The number of hydrogen-bond donors (Lipinski definition) is 0. The van der Waals surface area contributed by atoms with Crippen LogP contribution in [0.25, 0.3) is 11.5 Å². The number of thiophene rings is 1. The van der Waals surface area contributed by atoms with Crippen LogP contribution in [0.4, 0.5) is 0 Å². The van der Waals surface area contributed by atoms with Crippen LogP contribution < -0.4 is 0 Å². The van der Waals surface area contributed by atoms with E-state index >= 15 is 0 Å². The Morgan fingerprint density at radius 1 is 1.03 bits per heavy atom. The van der Waals surface area contributed by atoms with E-state index in [1.165, 1.54) is 0 Å². The summed E-state index contributed by atoms with van der Waals surface area (Å²) in [7, 11) is 0. The van der Waals surface area contributed by atoms with Crippen LogP contribution in [0.2, 0.25) is 0 Å². The molecule has 0 atom stereocenters. The highest BCUT2D eigenvalue weighted by molar-refractivity contribution is 7.08. The molecule has 0 spiro atoms. The molecular weight excluding hydrogens is 388 g/mol. The highest BCUT2D eigenvalue weighted by Crippen LogP contribution is 2.21. The van der Waals surface area contributed by atoms with Gasteiger partial charge < -0.3 is 14.2 Å². The smallest absolute Gasteiger partial charge is 0.253 e. The van der Waals surface area contributed by atoms with E-state index in [4.69, 9.17) is 4.42 Å². The van der Waals surface area contributed by atoms with E-state index in [-0.39, 0.29) is 11.8 Å². The molecule has 2 aromatic heterocycles. The molecule has 2 amide bonds. The first-order chi connectivity index (χ1) is 14.1. The van der Waals surface area contributed by atoms with Crippen molar-refractivity contribution in [2.24, 2.45) is 0 Å². The first kappa shape index (κ1) is 19.3. The van der Waals surface area contributed by atoms with Gasteiger partial charge in [-0.3, -0.25) is 9.59 Å². The average Bonchev–Trinajstić information content (AvgIpc) is 3.44. The maximum Gasteiger partial charge on any atom is 0.253 e. The minimum absolute atomic E-state index is 0.0175. The Hall–Kier alpha value is -3.00. The third kappa shape index (κ3) is 4.54. The highest BCUT2D eigenvalue weighted by Gasteiger charge is 2.25. The first-order valence-electron chi connectivity index (χ1n) is 9.59. The summed E-state index contributed by atoms with van der Waals surface area (Å²) in [5, 5.41) is 12.0. The minimum atomic E-state index is 0.0175. The fraction of sp³-hybridized carbons (Fsp3) is 0.333. The van der Waals surface area contributed by atoms with Crippen molar-refractivity contribution >= 4 is 23.2 Å². The number of hydrogen-bond acceptors (Lipinski definition) is 6. The SMILES string of the molecule is Cc1ccc(C(=O)N2CCN(C(=O)CCc3nnc(-c4ccsc4)o3)CC2)cc1. The number of rotatable bonds is 5. The third-order valence-corrected chi connectivity index (χ3v) is 5.69. The molecule has 1 fully saturated rings. The predicted molar refractivity (Wildman–Crippen MR) is 110 cm³/mol. The molecule has 1 aliphatic rings. The lowest BCUT2D eigenvalue weighted by atomic mass is 10.1. The summed E-state index contributed by atoms with van der Waals surface area (Å²) in [5.74, 6) is 1.01. The molecule has 1 saturated heterocycles. The Morgan fingerprint density at radius 2 is 1.76 bits per heavy atom. The Morgan fingerprint density at radius 3 is 2.45 bits per heavy atom. The van der Waals surface area contributed by atoms with Crippen LogP contribution in [-0.4, -0.2) is 58.0 Å². The Balaban J connectivity index is 1.26. The Bertz CT molecular complexity index is 974. The second-order valence-electron chi connectivity index (χ2n) is 7.05. The van der Waals surface area contributed by atoms with Gasteiger partial charge in [0.05, 0.1) is 0 Å². The number of nitrogens with zero attached hydrogens (tertiary/aromatic N) is 4. The summed E-state index contributed by atoms with van der Waals surface area (Å²) in [6, 6.07) is 9.50. The lowest BCUT2D eigenvalue weighted by Crippen LogP contribution is -2.50. The first-order valence-corrected chi connectivity index (χ1v) is 10.5. The average molecular weight is 410 g/mol. The van der Waals surface area contributed by atoms with Gasteiger partial charge in [-0.05, 0) is 30.5 Å². The van der Waals surface area contributed by atoms with E-state index in [0.29, 0.717) is 56.4 Å². The van der Waals surface area contributed by atoms with Gasteiger partial charge in [-0.1, -0.05) is 17.7 Å². The molecule has 0 unspecified atom stereocenters. The standard InChI is InChI=1S/C21H22N4O3S/c1-15-2-4-16(5-3-15)21(27)25-11-9-24(10-12-25)19(26)7-6-18-22-23-20(28-18)17-8-13-29-14-17/h2-5,8,13-14H,6-7,9-12H2,1H3. The zero-order chi connectivity index (χ0) is 20.2. The lowest BCUT2D eigenvalue weighted by molar-refractivity contribution is -0.132. The molecule has 150 valence electrons. The zero-order valence-corrected chi connectivity index (χ0v) is 17.0. The summed E-state index contributed by atoms with van der Waals surface area (Å²) in [4.78, 5) is 28.7. The molecule has 3 aromatic rings. The molecule has 0 N–H and O–H groups in total. The zero-order valence-electron chi connectivity index (χ0n) is 16.2. The summed E-state index contributed by atoms with van der Waals surface area (Å²) in [6.45, 7) is 4.17. The van der Waals surface area contributed by atoms with Gasteiger partial charge in [-0.15, -0.1) is 10.2 Å². The summed E-state index contributed by atoms with van der Waals surface area (Å²) >= 11 is 1.57.